The maximum atomic E-state index is 4.79. The zero-order valence-electron chi connectivity index (χ0n) is 17.9. The standard InChI is InChI=1S/C23H28N6S.HI/c1-3-24-23(27-19-11-14-22-26-17(2)28-29(22)16-19)25-15-18-9-12-21(13-10-18)30-20-7-5-4-6-8-20;/h4-10,12-13,19H,3,11,14-16H2,1-2H3,(H2,24,25,27);1H. The van der Waals surface area contributed by atoms with E-state index in [-0.39, 0.29) is 24.0 Å². The molecule has 0 saturated carbocycles. The second-order valence-corrected chi connectivity index (χ2v) is 8.54. The van der Waals surface area contributed by atoms with Gasteiger partial charge in [-0.3, -0.25) is 0 Å². The normalized spacial score (nSPS) is 15.7. The van der Waals surface area contributed by atoms with Crippen LogP contribution in [0.4, 0.5) is 0 Å². The monoisotopic (exact) mass is 548 g/mol. The maximum absolute atomic E-state index is 4.79. The fourth-order valence-corrected chi connectivity index (χ4v) is 4.36. The lowest BCUT2D eigenvalue weighted by Gasteiger charge is -2.25. The lowest BCUT2D eigenvalue weighted by atomic mass is 10.1. The zero-order chi connectivity index (χ0) is 20.8. The zero-order valence-corrected chi connectivity index (χ0v) is 21.1. The number of guanidine groups is 1. The smallest absolute Gasteiger partial charge is 0.191 e. The Balaban J connectivity index is 0.00000272. The van der Waals surface area contributed by atoms with Crippen LogP contribution in [0.15, 0.2) is 69.4 Å². The van der Waals surface area contributed by atoms with Crippen LogP contribution in [0.1, 0.15) is 30.6 Å². The van der Waals surface area contributed by atoms with Crippen molar-refractivity contribution in [3.05, 3.63) is 71.8 Å². The van der Waals surface area contributed by atoms with Crippen LogP contribution < -0.4 is 10.6 Å². The predicted octanol–water partition coefficient (Wildman–Crippen LogP) is 4.43. The molecular formula is C23H29IN6S. The van der Waals surface area contributed by atoms with E-state index in [0.717, 1.165) is 43.5 Å². The van der Waals surface area contributed by atoms with Crippen LogP contribution in [0.25, 0.3) is 0 Å². The summed E-state index contributed by atoms with van der Waals surface area (Å²) in [5.74, 6) is 2.78. The van der Waals surface area contributed by atoms with Crippen molar-refractivity contribution in [1.29, 1.82) is 0 Å². The molecule has 3 aromatic rings. The summed E-state index contributed by atoms with van der Waals surface area (Å²) in [4.78, 5) is 11.8. The van der Waals surface area contributed by atoms with Gasteiger partial charge in [-0.05, 0) is 50.1 Å². The summed E-state index contributed by atoms with van der Waals surface area (Å²) in [6, 6.07) is 19.4. The molecule has 1 unspecified atom stereocenters. The van der Waals surface area contributed by atoms with Gasteiger partial charge in [0.2, 0.25) is 0 Å². The fourth-order valence-electron chi connectivity index (χ4n) is 3.52. The third-order valence-corrected chi connectivity index (χ3v) is 5.99. The molecule has 31 heavy (non-hydrogen) atoms. The summed E-state index contributed by atoms with van der Waals surface area (Å²) >= 11 is 1.77. The molecule has 2 N–H and O–H groups in total. The topological polar surface area (TPSA) is 67.1 Å². The number of fused-ring (bicyclic) bond motifs is 1. The lowest BCUT2D eigenvalue weighted by Crippen LogP contribution is -2.47. The van der Waals surface area contributed by atoms with Crippen molar-refractivity contribution >= 4 is 41.7 Å². The molecule has 0 aliphatic carbocycles. The van der Waals surface area contributed by atoms with Crippen molar-refractivity contribution in [2.24, 2.45) is 4.99 Å². The average molecular weight is 548 g/mol. The number of aromatic nitrogens is 3. The first-order chi connectivity index (χ1) is 14.7. The molecule has 2 heterocycles. The first kappa shape index (κ1) is 23.6. The van der Waals surface area contributed by atoms with E-state index in [4.69, 9.17) is 4.99 Å². The summed E-state index contributed by atoms with van der Waals surface area (Å²) in [7, 11) is 0. The van der Waals surface area contributed by atoms with Gasteiger partial charge in [0.25, 0.3) is 0 Å². The van der Waals surface area contributed by atoms with Gasteiger partial charge in [0, 0.05) is 28.8 Å². The summed E-state index contributed by atoms with van der Waals surface area (Å²) in [5.41, 5.74) is 1.20. The van der Waals surface area contributed by atoms with Crippen LogP contribution in [0.5, 0.6) is 0 Å². The molecule has 0 amide bonds. The minimum Gasteiger partial charge on any atom is -0.357 e. The first-order valence-electron chi connectivity index (χ1n) is 10.5. The Morgan fingerprint density at radius 3 is 2.61 bits per heavy atom. The lowest BCUT2D eigenvalue weighted by molar-refractivity contribution is 0.392. The van der Waals surface area contributed by atoms with Crippen molar-refractivity contribution in [3.63, 3.8) is 0 Å². The number of nitrogens with one attached hydrogen (secondary N) is 2. The SMILES string of the molecule is CCNC(=NCc1ccc(Sc2ccccc2)cc1)NC1CCc2nc(C)nn2C1.I. The van der Waals surface area contributed by atoms with E-state index in [1.807, 2.05) is 17.7 Å². The number of hydrogen-bond acceptors (Lipinski definition) is 4. The highest BCUT2D eigenvalue weighted by Gasteiger charge is 2.21. The number of hydrogen-bond donors (Lipinski definition) is 2. The van der Waals surface area contributed by atoms with Crippen LogP contribution in [-0.2, 0) is 19.5 Å². The predicted molar refractivity (Wildman–Crippen MR) is 137 cm³/mol. The minimum atomic E-state index is 0. The van der Waals surface area contributed by atoms with Gasteiger partial charge in [-0.1, -0.05) is 42.1 Å². The number of nitrogens with zero attached hydrogens (tertiary/aromatic N) is 4. The number of benzene rings is 2. The van der Waals surface area contributed by atoms with Crippen molar-refractivity contribution in [2.75, 3.05) is 6.54 Å². The molecule has 1 aliphatic rings. The van der Waals surface area contributed by atoms with Gasteiger partial charge in [-0.15, -0.1) is 24.0 Å². The van der Waals surface area contributed by atoms with Gasteiger partial charge >= 0.3 is 0 Å². The van der Waals surface area contributed by atoms with E-state index >= 15 is 0 Å². The van der Waals surface area contributed by atoms with Gasteiger partial charge in [-0.2, -0.15) is 5.10 Å². The Labute approximate surface area is 205 Å². The molecule has 0 fully saturated rings. The van der Waals surface area contributed by atoms with Crippen molar-refractivity contribution in [3.8, 4) is 0 Å². The first-order valence-corrected chi connectivity index (χ1v) is 11.3. The molecule has 1 atom stereocenters. The highest BCUT2D eigenvalue weighted by atomic mass is 127. The van der Waals surface area contributed by atoms with Crippen LogP contribution in [-0.4, -0.2) is 33.3 Å². The largest absolute Gasteiger partial charge is 0.357 e. The highest BCUT2D eigenvalue weighted by molar-refractivity contribution is 14.0. The fraction of sp³-hybridized carbons (Fsp3) is 0.348. The Morgan fingerprint density at radius 1 is 1.13 bits per heavy atom. The van der Waals surface area contributed by atoms with E-state index in [9.17, 15) is 0 Å². The Bertz CT molecular complexity index is 987. The van der Waals surface area contributed by atoms with Crippen LogP contribution in [0.2, 0.25) is 0 Å². The van der Waals surface area contributed by atoms with Gasteiger partial charge in [0.1, 0.15) is 11.6 Å². The van der Waals surface area contributed by atoms with E-state index in [1.165, 1.54) is 15.4 Å². The van der Waals surface area contributed by atoms with Crippen LogP contribution >= 0.6 is 35.7 Å². The molecule has 0 bridgehead atoms. The van der Waals surface area contributed by atoms with Gasteiger partial charge < -0.3 is 10.6 Å². The van der Waals surface area contributed by atoms with Gasteiger partial charge in [-0.25, -0.2) is 14.7 Å². The number of rotatable bonds is 6. The van der Waals surface area contributed by atoms with E-state index in [0.29, 0.717) is 12.6 Å². The quantitative estimate of drug-likeness (QED) is 0.271. The molecule has 2 aromatic carbocycles. The number of aliphatic imine (C=N–C) groups is 1. The molecular weight excluding hydrogens is 519 g/mol. The summed E-state index contributed by atoms with van der Waals surface area (Å²) in [6.07, 6.45) is 1.98. The molecule has 6 nitrogen and oxygen atoms in total. The number of aryl methyl sites for hydroxylation is 2. The maximum Gasteiger partial charge on any atom is 0.191 e. The van der Waals surface area contributed by atoms with Crippen molar-refractivity contribution in [1.82, 2.24) is 25.4 Å². The second-order valence-electron chi connectivity index (χ2n) is 7.39. The second kappa shape index (κ2) is 11.5. The van der Waals surface area contributed by atoms with Crippen molar-refractivity contribution in [2.45, 2.75) is 55.6 Å². The Hall–Kier alpha value is -2.07. The highest BCUT2D eigenvalue weighted by Crippen LogP contribution is 2.27. The Morgan fingerprint density at radius 2 is 1.87 bits per heavy atom. The van der Waals surface area contributed by atoms with E-state index < -0.39 is 0 Å². The molecule has 164 valence electrons. The minimum absolute atomic E-state index is 0. The molecule has 4 rings (SSSR count). The molecule has 1 aliphatic heterocycles. The summed E-state index contributed by atoms with van der Waals surface area (Å²) in [6.45, 7) is 6.34. The van der Waals surface area contributed by atoms with Crippen LogP contribution in [0, 0.1) is 6.92 Å². The Kier molecular flexibility index (Phi) is 8.77. The molecule has 8 heteroatoms. The third kappa shape index (κ3) is 6.70. The van der Waals surface area contributed by atoms with Crippen LogP contribution in [0.3, 0.4) is 0 Å². The van der Waals surface area contributed by atoms with Gasteiger partial charge in [0.05, 0.1) is 13.1 Å². The van der Waals surface area contributed by atoms with E-state index in [1.54, 1.807) is 11.8 Å². The van der Waals surface area contributed by atoms with E-state index in [2.05, 4.69) is 76.2 Å². The molecule has 0 spiro atoms. The number of halogens is 1. The molecule has 1 aromatic heterocycles. The van der Waals surface area contributed by atoms with Gasteiger partial charge in [0.15, 0.2) is 5.96 Å². The average Bonchev–Trinajstić information content (AvgIpc) is 3.13. The van der Waals surface area contributed by atoms with Crippen molar-refractivity contribution < 1.29 is 0 Å². The summed E-state index contributed by atoms with van der Waals surface area (Å²) < 4.78 is 2.02. The third-order valence-electron chi connectivity index (χ3n) is 4.97. The molecule has 0 saturated heterocycles. The molecule has 0 radical (unpaired) electrons. The summed E-state index contributed by atoms with van der Waals surface area (Å²) in [5, 5.41) is 11.4.